The number of hydrogen-bond acceptors (Lipinski definition) is 4. The van der Waals surface area contributed by atoms with Crippen LogP contribution in [0.2, 0.25) is 0 Å². The summed E-state index contributed by atoms with van der Waals surface area (Å²) >= 11 is 0. The predicted molar refractivity (Wildman–Crippen MR) is 94.8 cm³/mol. The van der Waals surface area contributed by atoms with E-state index in [9.17, 15) is 18.8 Å². The van der Waals surface area contributed by atoms with Gasteiger partial charge in [0.2, 0.25) is 5.91 Å². The van der Waals surface area contributed by atoms with Crippen molar-refractivity contribution in [3.8, 4) is 0 Å². The van der Waals surface area contributed by atoms with Crippen LogP contribution < -0.4 is 5.32 Å². The van der Waals surface area contributed by atoms with Gasteiger partial charge in [-0.15, -0.1) is 0 Å². The van der Waals surface area contributed by atoms with Gasteiger partial charge in [0, 0.05) is 30.9 Å². The van der Waals surface area contributed by atoms with Gasteiger partial charge >= 0.3 is 5.97 Å². The van der Waals surface area contributed by atoms with E-state index in [1.165, 1.54) is 30.7 Å². The van der Waals surface area contributed by atoms with Crippen LogP contribution in [0.4, 0.5) is 10.1 Å². The number of benzene rings is 1. The number of esters is 1. The summed E-state index contributed by atoms with van der Waals surface area (Å²) in [7, 11) is 1.73. The van der Waals surface area contributed by atoms with Crippen molar-refractivity contribution in [2.75, 3.05) is 19.0 Å². The van der Waals surface area contributed by atoms with E-state index >= 15 is 0 Å². The quantitative estimate of drug-likeness (QED) is 0.624. The van der Waals surface area contributed by atoms with E-state index in [1.54, 1.807) is 11.9 Å². The number of anilines is 1. The molecule has 1 aromatic rings. The van der Waals surface area contributed by atoms with Gasteiger partial charge in [0.05, 0.1) is 0 Å². The van der Waals surface area contributed by atoms with Crippen LogP contribution in [0, 0.1) is 5.82 Å². The topological polar surface area (TPSA) is 75.7 Å². The van der Waals surface area contributed by atoms with Gasteiger partial charge in [-0.25, -0.2) is 9.18 Å². The SMILES string of the molecule is CN(C(=O)C=CC(=O)OCC(=O)Nc1ccc(F)cc1)C1CCCCC1. The van der Waals surface area contributed by atoms with Gasteiger partial charge in [-0.1, -0.05) is 19.3 Å². The number of halogens is 1. The maximum atomic E-state index is 12.8. The lowest BCUT2D eigenvalue weighted by molar-refractivity contribution is -0.142. The van der Waals surface area contributed by atoms with Crippen LogP contribution in [0.3, 0.4) is 0 Å². The van der Waals surface area contributed by atoms with E-state index in [0.717, 1.165) is 37.8 Å². The third kappa shape index (κ3) is 6.31. The van der Waals surface area contributed by atoms with Gasteiger partial charge in [0.1, 0.15) is 5.82 Å². The molecule has 0 heterocycles. The Morgan fingerprint density at radius 3 is 2.46 bits per heavy atom. The third-order valence-electron chi connectivity index (χ3n) is 4.31. The normalized spacial score (nSPS) is 14.8. The predicted octanol–water partition coefficient (Wildman–Crippen LogP) is 2.65. The highest BCUT2D eigenvalue weighted by Crippen LogP contribution is 2.21. The first-order chi connectivity index (χ1) is 12.5. The van der Waals surface area contributed by atoms with Crippen molar-refractivity contribution < 1.29 is 23.5 Å². The summed E-state index contributed by atoms with van der Waals surface area (Å²) in [4.78, 5) is 37.0. The van der Waals surface area contributed by atoms with Crippen molar-refractivity contribution in [1.29, 1.82) is 0 Å². The van der Waals surface area contributed by atoms with Gasteiger partial charge in [-0.05, 0) is 37.1 Å². The van der Waals surface area contributed by atoms with Crippen molar-refractivity contribution in [3.63, 3.8) is 0 Å². The Kier molecular flexibility index (Phi) is 7.32. The number of amides is 2. The summed E-state index contributed by atoms with van der Waals surface area (Å²) in [5, 5.41) is 2.47. The van der Waals surface area contributed by atoms with Gasteiger partial charge < -0.3 is 15.0 Å². The van der Waals surface area contributed by atoms with Gasteiger partial charge in [0.25, 0.3) is 5.91 Å². The van der Waals surface area contributed by atoms with E-state index in [-0.39, 0.29) is 11.9 Å². The molecule has 1 fully saturated rings. The maximum absolute atomic E-state index is 12.8. The van der Waals surface area contributed by atoms with Crippen molar-refractivity contribution in [3.05, 3.63) is 42.2 Å². The molecule has 0 saturated heterocycles. The Balaban J connectivity index is 1.73. The molecule has 2 amide bonds. The van der Waals surface area contributed by atoms with Gasteiger partial charge in [-0.3, -0.25) is 9.59 Å². The molecule has 0 bridgehead atoms. The molecule has 0 spiro atoms. The van der Waals surface area contributed by atoms with Crippen molar-refractivity contribution in [1.82, 2.24) is 4.90 Å². The molecule has 1 aromatic carbocycles. The molecule has 140 valence electrons. The molecular formula is C19H23FN2O4. The zero-order chi connectivity index (χ0) is 18.9. The van der Waals surface area contributed by atoms with Crippen LogP contribution in [0.5, 0.6) is 0 Å². The highest BCUT2D eigenvalue weighted by molar-refractivity contribution is 5.96. The second-order valence-corrected chi connectivity index (χ2v) is 6.24. The number of rotatable bonds is 6. The summed E-state index contributed by atoms with van der Waals surface area (Å²) in [6.45, 7) is -0.493. The number of carbonyl (C=O) groups is 3. The molecule has 6 nitrogen and oxygen atoms in total. The summed E-state index contributed by atoms with van der Waals surface area (Å²) in [6, 6.07) is 5.42. The average molecular weight is 362 g/mol. The van der Waals surface area contributed by atoms with Crippen LogP contribution in [-0.2, 0) is 19.1 Å². The van der Waals surface area contributed by atoms with Gasteiger partial charge in [0.15, 0.2) is 6.61 Å². The summed E-state index contributed by atoms with van der Waals surface area (Å²) < 4.78 is 17.6. The second-order valence-electron chi connectivity index (χ2n) is 6.24. The van der Waals surface area contributed by atoms with Crippen LogP contribution in [-0.4, -0.2) is 42.4 Å². The Bertz CT molecular complexity index is 667. The first kappa shape index (κ1) is 19.6. The fraction of sp³-hybridized carbons (Fsp3) is 0.421. The molecule has 1 aliphatic carbocycles. The molecule has 7 heteroatoms. The highest BCUT2D eigenvalue weighted by Gasteiger charge is 2.20. The molecule has 0 unspecified atom stereocenters. The molecule has 1 N–H and O–H groups in total. The molecule has 0 aliphatic heterocycles. The molecule has 0 radical (unpaired) electrons. The molecule has 1 saturated carbocycles. The Labute approximate surface area is 152 Å². The van der Waals surface area contributed by atoms with E-state index < -0.39 is 24.3 Å². The standard InChI is InChI=1S/C19H23FN2O4/c1-22(16-5-3-2-4-6-16)18(24)11-12-19(25)26-13-17(23)21-15-9-7-14(20)8-10-15/h7-12,16H,2-6,13H2,1H3,(H,21,23). The fourth-order valence-electron chi connectivity index (χ4n) is 2.82. The van der Waals surface area contributed by atoms with Crippen LogP contribution in [0.15, 0.2) is 36.4 Å². The Hall–Kier alpha value is -2.70. The van der Waals surface area contributed by atoms with E-state index in [0.29, 0.717) is 5.69 Å². The number of nitrogens with one attached hydrogen (secondary N) is 1. The van der Waals surface area contributed by atoms with Crippen LogP contribution >= 0.6 is 0 Å². The Morgan fingerprint density at radius 2 is 1.81 bits per heavy atom. The largest absolute Gasteiger partial charge is 0.452 e. The Morgan fingerprint density at radius 1 is 1.15 bits per heavy atom. The van der Waals surface area contributed by atoms with Crippen LogP contribution in [0.1, 0.15) is 32.1 Å². The maximum Gasteiger partial charge on any atom is 0.331 e. The lowest BCUT2D eigenvalue weighted by atomic mass is 9.94. The number of carbonyl (C=O) groups excluding carboxylic acids is 3. The van der Waals surface area contributed by atoms with E-state index in [4.69, 9.17) is 4.74 Å². The smallest absolute Gasteiger partial charge is 0.331 e. The summed E-state index contributed by atoms with van der Waals surface area (Å²) in [6.07, 6.45) is 7.55. The van der Waals surface area contributed by atoms with E-state index in [2.05, 4.69) is 5.32 Å². The number of ether oxygens (including phenoxy) is 1. The molecule has 1 aliphatic rings. The third-order valence-corrected chi connectivity index (χ3v) is 4.31. The van der Waals surface area contributed by atoms with Crippen molar-refractivity contribution in [2.24, 2.45) is 0 Å². The lowest BCUT2D eigenvalue weighted by Gasteiger charge is -2.30. The molecular weight excluding hydrogens is 339 g/mol. The molecule has 0 atom stereocenters. The van der Waals surface area contributed by atoms with Crippen molar-refractivity contribution >= 4 is 23.5 Å². The molecule has 0 aromatic heterocycles. The first-order valence-corrected chi connectivity index (χ1v) is 8.63. The molecule has 2 rings (SSSR count). The number of hydrogen-bond donors (Lipinski definition) is 1. The molecule has 26 heavy (non-hydrogen) atoms. The minimum Gasteiger partial charge on any atom is -0.452 e. The number of likely N-dealkylation sites (N-methyl/N-ethyl adjacent to an activating group) is 1. The minimum absolute atomic E-state index is 0.207. The van der Waals surface area contributed by atoms with Crippen molar-refractivity contribution in [2.45, 2.75) is 38.1 Å². The van der Waals surface area contributed by atoms with Gasteiger partial charge in [-0.2, -0.15) is 0 Å². The second kappa shape index (κ2) is 9.70. The monoisotopic (exact) mass is 362 g/mol. The first-order valence-electron chi connectivity index (χ1n) is 8.63. The zero-order valence-electron chi connectivity index (χ0n) is 14.7. The highest BCUT2D eigenvalue weighted by atomic mass is 19.1. The van der Waals surface area contributed by atoms with Crippen LogP contribution in [0.25, 0.3) is 0 Å². The number of nitrogens with zero attached hydrogens (tertiary/aromatic N) is 1. The van der Waals surface area contributed by atoms with E-state index in [1.807, 2.05) is 0 Å². The summed E-state index contributed by atoms with van der Waals surface area (Å²) in [5.41, 5.74) is 0.396. The zero-order valence-corrected chi connectivity index (χ0v) is 14.7. The summed E-state index contributed by atoms with van der Waals surface area (Å²) in [5.74, 6) is -2.00. The average Bonchev–Trinajstić information content (AvgIpc) is 2.66. The fourth-order valence-corrected chi connectivity index (χ4v) is 2.82. The minimum atomic E-state index is -0.773. The lowest BCUT2D eigenvalue weighted by Crippen LogP contribution is -2.37.